The molecule has 236 valence electrons. The van der Waals surface area contributed by atoms with Gasteiger partial charge in [-0.2, -0.15) is 0 Å². The van der Waals surface area contributed by atoms with E-state index in [9.17, 15) is 18.0 Å². The molecule has 0 aromatic heterocycles. The topological polar surface area (TPSA) is 86.8 Å². The lowest BCUT2D eigenvalue weighted by Gasteiger charge is -2.34. The van der Waals surface area contributed by atoms with Crippen LogP contribution in [0.4, 0.5) is 5.69 Å². The number of nitrogens with zero attached hydrogens (tertiary/aromatic N) is 2. The third kappa shape index (κ3) is 8.93. The van der Waals surface area contributed by atoms with Crippen LogP contribution in [0.5, 0.6) is 0 Å². The van der Waals surface area contributed by atoms with Crippen molar-refractivity contribution < 1.29 is 18.0 Å². The van der Waals surface area contributed by atoms with E-state index in [0.29, 0.717) is 33.6 Å². The molecule has 45 heavy (non-hydrogen) atoms. The minimum absolute atomic E-state index is 0.0816. The molecule has 0 spiro atoms. The first-order valence-corrected chi connectivity index (χ1v) is 17.0. The maximum atomic E-state index is 14.5. The molecule has 0 aliphatic heterocycles. The van der Waals surface area contributed by atoms with Crippen molar-refractivity contribution in [1.82, 2.24) is 10.2 Å². The molecular weight excluding hydrogens is 676 g/mol. The normalized spacial score (nSPS) is 11.9. The molecule has 4 aromatic carbocycles. The van der Waals surface area contributed by atoms with E-state index in [4.69, 9.17) is 46.4 Å². The van der Waals surface area contributed by atoms with E-state index in [0.717, 1.165) is 9.87 Å². The molecule has 0 aliphatic carbocycles. The van der Waals surface area contributed by atoms with Crippen molar-refractivity contribution in [2.24, 2.45) is 0 Å². The Morgan fingerprint density at radius 1 is 0.800 bits per heavy atom. The largest absolute Gasteiger partial charge is 0.354 e. The van der Waals surface area contributed by atoms with E-state index in [2.05, 4.69) is 5.32 Å². The van der Waals surface area contributed by atoms with Crippen LogP contribution in [0.25, 0.3) is 0 Å². The van der Waals surface area contributed by atoms with Crippen LogP contribution in [-0.4, -0.2) is 44.3 Å². The summed E-state index contributed by atoms with van der Waals surface area (Å²) in [4.78, 5) is 29.5. The van der Waals surface area contributed by atoms with E-state index in [1.165, 1.54) is 41.3 Å². The summed E-state index contributed by atoms with van der Waals surface area (Å²) in [6, 6.07) is 25.0. The Labute approximate surface area is 283 Å². The van der Waals surface area contributed by atoms with Gasteiger partial charge in [0.2, 0.25) is 11.8 Å². The number of sulfonamides is 1. The van der Waals surface area contributed by atoms with Gasteiger partial charge in [-0.05, 0) is 66.6 Å². The molecule has 4 aromatic rings. The third-order valence-electron chi connectivity index (χ3n) is 6.99. The number of hydrogen-bond donors (Lipinski definition) is 1. The zero-order chi connectivity index (χ0) is 32.6. The highest BCUT2D eigenvalue weighted by Gasteiger charge is 2.35. The van der Waals surface area contributed by atoms with Crippen LogP contribution in [0.15, 0.2) is 102 Å². The van der Waals surface area contributed by atoms with Crippen molar-refractivity contribution in [2.45, 2.75) is 37.2 Å². The first-order chi connectivity index (χ1) is 21.5. The fourth-order valence-corrected chi connectivity index (χ4v) is 6.90. The van der Waals surface area contributed by atoms with Gasteiger partial charge in [0.15, 0.2) is 0 Å². The molecule has 0 aliphatic rings. The number of nitrogens with one attached hydrogen (secondary N) is 1. The SMILES string of the molecule is CCCNC(=O)C(Cc1ccccc1)N(Cc1c(Cl)cccc1Cl)C(=O)CN(c1cccc(Cl)c1)S(=O)(=O)c1ccc(Cl)cc1. The minimum Gasteiger partial charge on any atom is -0.354 e. The quantitative estimate of drug-likeness (QED) is 0.155. The van der Waals surface area contributed by atoms with Gasteiger partial charge in [-0.25, -0.2) is 8.42 Å². The predicted molar refractivity (Wildman–Crippen MR) is 182 cm³/mol. The Bertz CT molecular complexity index is 1720. The van der Waals surface area contributed by atoms with Crippen LogP contribution in [0.3, 0.4) is 0 Å². The van der Waals surface area contributed by atoms with E-state index in [1.54, 1.807) is 30.3 Å². The zero-order valence-corrected chi connectivity index (χ0v) is 28.1. The summed E-state index contributed by atoms with van der Waals surface area (Å²) in [6.45, 7) is 1.50. The highest BCUT2D eigenvalue weighted by Crippen LogP contribution is 2.30. The molecule has 0 heterocycles. The monoisotopic (exact) mass is 705 g/mol. The Hall–Kier alpha value is -3.27. The lowest BCUT2D eigenvalue weighted by Crippen LogP contribution is -2.53. The van der Waals surface area contributed by atoms with Gasteiger partial charge in [0.1, 0.15) is 12.6 Å². The molecule has 0 bridgehead atoms. The Kier molecular flexibility index (Phi) is 12.2. The van der Waals surface area contributed by atoms with Crippen molar-refractivity contribution in [3.8, 4) is 0 Å². The minimum atomic E-state index is -4.31. The second-order valence-electron chi connectivity index (χ2n) is 10.2. The number of halogens is 4. The van der Waals surface area contributed by atoms with E-state index in [1.807, 2.05) is 37.3 Å². The molecule has 0 saturated carbocycles. The molecule has 12 heteroatoms. The Morgan fingerprint density at radius 2 is 1.44 bits per heavy atom. The Morgan fingerprint density at radius 3 is 2.07 bits per heavy atom. The third-order valence-corrected chi connectivity index (χ3v) is 9.97. The smallest absolute Gasteiger partial charge is 0.264 e. The van der Waals surface area contributed by atoms with Crippen LogP contribution in [0.1, 0.15) is 24.5 Å². The van der Waals surface area contributed by atoms with Crippen LogP contribution in [0, 0.1) is 0 Å². The number of carbonyl (C=O) groups excluding carboxylic acids is 2. The summed E-state index contributed by atoms with van der Waals surface area (Å²) >= 11 is 25.4. The van der Waals surface area contributed by atoms with Gasteiger partial charge >= 0.3 is 0 Å². The second kappa shape index (κ2) is 15.8. The summed E-state index contributed by atoms with van der Waals surface area (Å²) in [7, 11) is -4.31. The second-order valence-corrected chi connectivity index (χ2v) is 13.7. The lowest BCUT2D eigenvalue weighted by molar-refractivity contribution is -0.140. The summed E-state index contributed by atoms with van der Waals surface area (Å²) in [6.07, 6.45) is 0.835. The molecule has 4 rings (SSSR count). The Balaban J connectivity index is 1.83. The van der Waals surface area contributed by atoms with Gasteiger partial charge in [-0.3, -0.25) is 13.9 Å². The van der Waals surface area contributed by atoms with Crippen molar-refractivity contribution in [1.29, 1.82) is 0 Å². The van der Waals surface area contributed by atoms with Gasteiger partial charge in [0.05, 0.1) is 10.6 Å². The van der Waals surface area contributed by atoms with E-state index in [-0.39, 0.29) is 28.6 Å². The van der Waals surface area contributed by atoms with Crippen molar-refractivity contribution in [3.05, 3.63) is 128 Å². The van der Waals surface area contributed by atoms with Crippen LogP contribution in [-0.2, 0) is 32.6 Å². The molecule has 2 amide bonds. The molecule has 0 radical (unpaired) electrons. The van der Waals surface area contributed by atoms with Gasteiger partial charge in [-0.1, -0.05) is 95.8 Å². The standard InChI is InChI=1S/C33H31Cl4N3O4S/c1-2-18-38-33(42)31(19-23-8-4-3-5-9-23)39(21-28-29(36)12-7-13-30(28)37)32(41)22-40(26-11-6-10-25(35)20-26)45(43,44)27-16-14-24(34)15-17-27/h3-17,20,31H,2,18-19,21-22H2,1H3,(H,38,42). The number of rotatable bonds is 13. The van der Waals surface area contributed by atoms with Gasteiger partial charge in [0, 0.05) is 45.2 Å². The summed E-state index contributed by atoms with van der Waals surface area (Å²) in [5.41, 5.74) is 1.39. The average molecular weight is 708 g/mol. The maximum Gasteiger partial charge on any atom is 0.264 e. The summed E-state index contributed by atoms with van der Waals surface area (Å²) < 4.78 is 29.1. The molecule has 0 saturated heterocycles. The van der Waals surface area contributed by atoms with Crippen molar-refractivity contribution >= 4 is 73.9 Å². The van der Waals surface area contributed by atoms with E-state index < -0.39 is 34.4 Å². The number of hydrogen-bond acceptors (Lipinski definition) is 4. The van der Waals surface area contributed by atoms with Gasteiger partial charge in [0.25, 0.3) is 10.0 Å². The number of carbonyl (C=O) groups is 2. The highest BCUT2D eigenvalue weighted by molar-refractivity contribution is 7.92. The number of amides is 2. The molecule has 1 unspecified atom stereocenters. The molecular formula is C33H31Cl4N3O4S. The van der Waals surface area contributed by atoms with Crippen molar-refractivity contribution in [2.75, 3.05) is 17.4 Å². The molecule has 1 N–H and O–H groups in total. The van der Waals surface area contributed by atoms with Crippen LogP contribution < -0.4 is 9.62 Å². The lowest BCUT2D eigenvalue weighted by atomic mass is 10.0. The average Bonchev–Trinajstić information content (AvgIpc) is 3.02. The van der Waals surface area contributed by atoms with E-state index >= 15 is 0 Å². The summed E-state index contributed by atoms with van der Waals surface area (Å²) in [5.74, 6) is -1.05. The molecule has 0 fully saturated rings. The fourth-order valence-electron chi connectivity index (χ4n) is 4.67. The fraction of sp³-hybridized carbons (Fsp3) is 0.212. The highest BCUT2D eigenvalue weighted by atomic mass is 35.5. The summed E-state index contributed by atoms with van der Waals surface area (Å²) in [5, 5.41) is 4.12. The van der Waals surface area contributed by atoms with Gasteiger partial charge in [-0.15, -0.1) is 0 Å². The molecule has 1 atom stereocenters. The number of anilines is 1. The van der Waals surface area contributed by atoms with Crippen molar-refractivity contribution in [3.63, 3.8) is 0 Å². The van der Waals surface area contributed by atoms with Crippen LogP contribution >= 0.6 is 46.4 Å². The van der Waals surface area contributed by atoms with Gasteiger partial charge < -0.3 is 10.2 Å². The first-order valence-electron chi connectivity index (χ1n) is 14.1. The maximum absolute atomic E-state index is 14.5. The molecule has 7 nitrogen and oxygen atoms in total. The first kappa shape index (κ1) is 34.6. The zero-order valence-electron chi connectivity index (χ0n) is 24.3. The predicted octanol–water partition coefficient (Wildman–Crippen LogP) is 7.66. The number of benzene rings is 4. The van der Waals surface area contributed by atoms with Crippen LogP contribution in [0.2, 0.25) is 20.1 Å².